The first-order chi connectivity index (χ1) is 8.45. The van der Waals surface area contributed by atoms with Gasteiger partial charge in [-0.05, 0) is 31.4 Å². The number of hydrogen-bond donors (Lipinski definition) is 0. The standard InChI is InChI=1S/C14H18O3S/c1-4-5-12(2)10-11-17-18(15,16)14-8-6-13(3)7-9-14/h1,6-9,12H,5,10-11H2,2-3H3. The summed E-state index contributed by atoms with van der Waals surface area (Å²) in [5.41, 5.74) is 1.01. The van der Waals surface area contributed by atoms with Crippen molar-refractivity contribution in [3.8, 4) is 12.3 Å². The first-order valence-electron chi connectivity index (χ1n) is 5.85. The van der Waals surface area contributed by atoms with Crippen molar-refractivity contribution < 1.29 is 12.6 Å². The Hall–Kier alpha value is -1.31. The fourth-order valence-corrected chi connectivity index (χ4v) is 2.36. The van der Waals surface area contributed by atoms with Crippen LogP contribution in [0.2, 0.25) is 0 Å². The summed E-state index contributed by atoms with van der Waals surface area (Å²) in [7, 11) is -3.64. The average Bonchev–Trinajstić information content (AvgIpc) is 2.29. The van der Waals surface area contributed by atoms with Crippen LogP contribution < -0.4 is 0 Å². The van der Waals surface area contributed by atoms with Gasteiger partial charge in [-0.25, -0.2) is 0 Å². The highest BCUT2D eigenvalue weighted by molar-refractivity contribution is 7.86. The minimum Gasteiger partial charge on any atom is -0.266 e. The van der Waals surface area contributed by atoms with Crippen LogP contribution in [0.5, 0.6) is 0 Å². The molecule has 0 saturated carbocycles. The fraction of sp³-hybridized carbons (Fsp3) is 0.429. The molecule has 0 bridgehead atoms. The molecule has 4 heteroatoms. The third-order valence-electron chi connectivity index (χ3n) is 2.63. The summed E-state index contributed by atoms with van der Waals surface area (Å²) in [6.07, 6.45) is 6.45. The summed E-state index contributed by atoms with van der Waals surface area (Å²) in [4.78, 5) is 0.192. The Morgan fingerprint density at radius 2 is 1.94 bits per heavy atom. The molecule has 1 aromatic carbocycles. The molecule has 0 heterocycles. The third kappa shape index (κ3) is 4.52. The van der Waals surface area contributed by atoms with Crippen LogP contribution in [0.4, 0.5) is 0 Å². The first-order valence-corrected chi connectivity index (χ1v) is 7.26. The van der Waals surface area contributed by atoms with Crippen molar-refractivity contribution in [2.45, 2.75) is 31.6 Å². The topological polar surface area (TPSA) is 43.4 Å². The Balaban J connectivity index is 2.56. The van der Waals surface area contributed by atoms with E-state index in [0.717, 1.165) is 5.56 Å². The van der Waals surface area contributed by atoms with Crippen LogP contribution in [0.25, 0.3) is 0 Å². The predicted molar refractivity (Wildman–Crippen MR) is 71.5 cm³/mol. The lowest BCUT2D eigenvalue weighted by Gasteiger charge is -2.09. The molecule has 1 rings (SSSR count). The molecule has 1 aromatic rings. The molecule has 0 amide bonds. The summed E-state index contributed by atoms with van der Waals surface area (Å²) in [6.45, 7) is 4.04. The van der Waals surface area contributed by atoms with Crippen molar-refractivity contribution in [2.24, 2.45) is 5.92 Å². The lowest BCUT2D eigenvalue weighted by molar-refractivity contribution is 0.288. The molecule has 3 nitrogen and oxygen atoms in total. The predicted octanol–water partition coefficient (Wildman–Crippen LogP) is 2.75. The average molecular weight is 266 g/mol. The summed E-state index contributed by atoms with van der Waals surface area (Å²) in [6, 6.07) is 6.60. The van der Waals surface area contributed by atoms with Crippen LogP contribution in [-0.2, 0) is 14.3 Å². The van der Waals surface area contributed by atoms with Gasteiger partial charge in [0.25, 0.3) is 10.1 Å². The molecule has 1 unspecified atom stereocenters. The molecule has 98 valence electrons. The third-order valence-corrected chi connectivity index (χ3v) is 3.95. The Morgan fingerprint density at radius 3 is 2.50 bits per heavy atom. The van der Waals surface area contributed by atoms with Crippen LogP contribution in [-0.4, -0.2) is 15.0 Å². The zero-order chi connectivity index (χ0) is 13.6. The molecule has 0 N–H and O–H groups in total. The molecule has 18 heavy (non-hydrogen) atoms. The van der Waals surface area contributed by atoms with Crippen molar-refractivity contribution in [3.63, 3.8) is 0 Å². The minimum atomic E-state index is -3.64. The Kier molecular flexibility index (Phi) is 5.39. The number of benzene rings is 1. The van der Waals surface area contributed by atoms with E-state index in [2.05, 4.69) is 5.92 Å². The zero-order valence-electron chi connectivity index (χ0n) is 10.7. The van der Waals surface area contributed by atoms with Gasteiger partial charge in [-0.15, -0.1) is 12.3 Å². The van der Waals surface area contributed by atoms with Gasteiger partial charge in [0, 0.05) is 6.42 Å². The van der Waals surface area contributed by atoms with E-state index < -0.39 is 10.1 Å². The second-order valence-electron chi connectivity index (χ2n) is 4.39. The van der Waals surface area contributed by atoms with E-state index in [1.165, 1.54) is 0 Å². The number of hydrogen-bond acceptors (Lipinski definition) is 3. The highest BCUT2D eigenvalue weighted by atomic mass is 32.2. The number of terminal acetylenes is 1. The van der Waals surface area contributed by atoms with Gasteiger partial charge in [-0.2, -0.15) is 8.42 Å². The molecule has 0 radical (unpaired) electrons. The first kappa shape index (κ1) is 14.7. The Bertz CT molecular complexity index is 509. The summed E-state index contributed by atoms with van der Waals surface area (Å²) >= 11 is 0. The molecule has 0 aliphatic heterocycles. The van der Waals surface area contributed by atoms with Gasteiger partial charge in [-0.3, -0.25) is 4.18 Å². The molecule has 0 saturated heterocycles. The van der Waals surface area contributed by atoms with E-state index in [9.17, 15) is 8.42 Å². The summed E-state index contributed by atoms with van der Waals surface area (Å²) in [5, 5.41) is 0. The van der Waals surface area contributed by atoms with E-state index in [4.69, 9.17) is 10.6 Å². The molecule has 0 fully saturated rings. The maximum absolute atomic E-state index is 11.8. The van der Waals surface area contributed by atoms with Gasteiger partial charge >= 0.3 is 0 Å². The Labute approximate surface area is 109 Å². The van der Waals surface area contributed by atoms with E-state index >= 15 is 0 Å². The second-order valence-corrected chi connectivity index (χ2v) is 6.01. The Morgan fingerprint density at radius 1 is 1.33 bits per heavy atom. The van der Waals surface area contributed by atoms with Crippen molar-refractivity contribution in [1.29, 1.82) is 0 Å². The molecule has 0 aromatic heterocycles. The molecule has 0 aliphatic carbocycles. The van der Waals surface area contributed by atoms with Crippen molar-refractivity contribution in [1.82, 2.24) is 0 Å². The van der Waals surface area contributed by atoms with Crippen molar-refractivity contribution in [3.05, 3.63) is 29.8 Å². The van der Waals surface area contributed by atoms with Gasteiger partial charge in [-0.1, -0.05) is 24.6 Å². The number of aryl methyl sites for hydroxylation is 1. The minimum absolute atomic E-state index is 0.166. The van der Waals surface area contributed by atoms with E-state index in [-0.39, 0.29) is 17.4 Å². The maximum atomic E-state index is 11.8. The molecule has 0 spiro atoms. The zero-order valence-corrected chi connectivity index (χ0v) is 11.5. The fourth-order valence-electron chi connectivity index (χ4n) is 1.44. The van der Waals surface area contributed by atoms with Crippen molar-refractivity contribution >= 4 is 10.1 Å². The maximum Gasteiger partial charge on any atom is 0.296 e. The monoisotopic (exact) mass is 266 g/mol. The molecule has 1 atom stereocenters. The SMILES string of the molecule is C#CCC(C)CCOS(=O)(=O)c1ccc(C)cc1. The van der Waals surface area contributed by atoms with Gasteiger partial charge in [0.05, 0.1) is 11.5 Å². The van der Waals surface area contributed by atoms with Crippen LogP contribution in [0.1, 0.15) is 25.3 Å². The molecular formula is C14H18O3S. The van der Waals surface area contributed by atoms with Crippen LogP contribution in [0.15, 0.2) is 29.2 Å². The quantitative estimate of drug-likeness (QED) is 0.587. The molecular weight excluding hydrogens is 248 g/mol. The van der Waals surface area contributed by atoms with E-state index in [1.54, 1.807) is 24.3 Å². The van der Waals surface area contributed by atoms with Gasteiger partial charge in [0.15, 0.2) is 0 Å². The van der Waals surface area contributed by atoms with Gasteiger partial charge in [0.2, 0.25) is 0 Å². The van der Waals surface area contributed by atoms with Crippen molar-refractivity contribution in [2.75, 3.05) is 6.61 Å². The van der Waals surface area contributed by atoms with Gasteiger partial charge in [0.1, 0.15) is 0 Å². The van der Waals surface area contributed by atoms with Crippen LogP contribution >= 0.6 is 0 Å². The molecule has 0 aliphatic rings. The normalized spacial score (nSPS) is 12.9. The highest BCUT2D eigenvalue weighted by Gasteiger charge is 2.15. The number of rotatable bonds is 6. The lowest BCUT2D eigenvalue weighted by Crippen LogP contribution is -2.09. The second kappa shape index (κ2) is 6.58. The largest absolute Gasteiger partial charge is 0.296 e. The van der Waals surface area contributed by atoms with Crippen LogP contribution in [0, 0.1) is 25.2 Å². The summed E-state index contributed by atoms with van der Waals surface area (Å²) in [5.74, 6) is 2.81. The lowest BCUT2D eigenvalue weighted by atomic mass is 10.1. The highest BCUT2D eigenvalue weighted by Crippen LogP contribution is 2.15. The van der Waals surface area contributed by atoms with E-state index in [1.807, 2.05) is 13.8 Å². The summed E-state index contributed by atoms with van der Waals surface area (Å²) < 4.78 is 28.6. The smallest absolute Gasteiger partial charge is 0.266 e. The van der Waals surface area contributed by atoms with Gasteiger partial charge < -0.3 is 0 Å². The van der Waals surface area contributed by atoms with Crippen LogP contribution in [0.3, 0.4) is 0 Å². The van der Waals surface area contributed by atoms with E-state index in [0.29, 0.717) is 12.8 Å².